The number of aromatic carboxylic acids is 1. The minimum absolute atomic E-state index is 0.0118. The van der Waals surface area contributed by atoms with Gasteiger partial charge in [0.1, 0.15) is 5.52 Å². The molecule has 0 unspecified atom stereocenters. The van der Waals surface area contributed by atoms with Gasteiger partial charge in [-0.25, -0.2) is 14.2 Å². The number of pyridine rings is 1. The van der Waals surface area contributed by atoms with Crippen LogP contribution in [0.15, 0.2) is 35.7 Å². The predicted molar refractivity (Wildman–Crippen MR) is 77.0 cm³/mol. The van der Waals surface area contributed by atoms with Gasteiger partial charge in [0.25, 0.3) is 0 Å². The van der Waals surface area contributed by atoms with Gasteiger partial charge < -0.3 is 5.11 Å². The summed E-state index contributed by atoms with van der Waals surface area (Å²) in [6.45, 7) is 0. The lowest BCUT2D eigenvalue weighted by atomic mass is 10.1. The zero-order valence-corrected chi connectivity index (χ0v) is 11.5. The summed E-state index contributed by atoms with van der Waals surface area (Å²) in [6.07, 6.45) is 0. The molecule has 100 valence electrons. The molecule has 1 N–H and O–H groups in total. The smallest absolute Gasteiger partial charge is 0.336 e. The lowest BCUT2D eigenvalue weighted by molar-refractivity contribution is 0.0699. The summed E-state index contributed by atoms with van der Waals surface area (Å²) in [5.41, 5.74) is 0.434. The van der Waals surface area contributed by atoms with Crippen LogP contribution in [0.5, 0.6) is 0 Å². The molecule has 3 nitrogen and oxygen atoms in total. The highest BCUT2D eigenvalue weighted by atomic mass is 35.5. The van der Waals surface area contributed by atoms with Crippen molar-refractivity contribution in [3.05, 3.63) is 52.1 Å². The molecule has 0 radical (unpaired) electrons. The third kappa shape index (κ3) is 2.15. The number of benzene rings is 1. The SMILES string of the molecule is O=C(O)c1cc(-c2cccs2)nc2c(F)cc(Cl)cc12. The summed E-state index contributed by atoms with van der Waals surface area (Å²) < 4.78 is 14.0. The molecule has 0 saturated heterocycles. The van der Waals surface area contributed by atoms with Crippen molar-refractivity contribution in [3.8, 4) is 10.6 Å². The summed E-state index contributed by atoms with van der Waals surface area (Å²) in [5.74, 6) is -1.77. The van der Waals surface area contributed by atoms with Gasteiger partial charge in [0.15, 0.2) is 5.82 Å². The Morgan fingerprint density at radius 3 is 2.80 bits per heavy atom. The predicted octanol–water partition coefficient (Wildman–Crippen LogP) is 4.45. The molecular weight excluding hydrogens is 301 g/mol. The Labute approximate surface area is 122 Å². The summed E-state index contributed by atoms with van der Waals surface area (Å²) in [6, 6.07) is 7.60. The van der Waals surface area contributed by atoms with E-state index in [1.807, 2.05) is 11.4 Å². The van der Waals surface area contributed by atoms with Crippen molar-refractivity contribution in [2.24, 2.45) is 0 Å². The van der Waals surface area contributed by atoms with Crippen molar-refractivity contribution in [1.82, 2.24) is 4.98 Å². The van der Waals surface area contributed by atoms with E-state index in [1.54, 1.807) is 6.07 Å². The molecule has 2 heterocycles. The number of hydrogen-bond donors (Lipinski definition) is 1. The summed E-state index contributed by atoms with van der Waals surface area (Å²) in [7, 11) is 0. The van der Waals surface area contributed by atoms with E-state index in [4.69, 9.17) is 11.6 Å². The van der Waals surface area contributed by atoms with Crippen LogP contribution in [0.3, 0.4) is 0 Å². The Kier molecular flexibility index (Phi) is 3.16. The van der Waals surface area contributed by atoms with Gasteiger partial charge in [0, 0.05) is 10.4 Å². The quantitative estimate of drug-likeness (QED) is 0.760. The number of halogens is 2. The van der Waals surface area contributed by atoms with Gasteiger partial charge >= 0.3 is 5.97 Å². The Morgan fingerprint density at radius 2 is 2.15 bits per heavy atom. The Hall–Kier alpha value is -1.98. The van der Waals surface area contributed by atoms with Crippen molar-refractivity contribution >= 4 is 39.8 Å². The molecule has 0 fully saturated rings. The molecule has 0 atom stereocenters. The molecule has 1 aromatic carbocycles. The van der Waals surface area contributed by atoms with Gasteiger partial charge in [-0.1, -0.05) is 17.7 Å². The van der Waals surface area contributed by atoms with E-state index < -0.39 is 11.8 Å². The molecule has 0 aliphatic rings. The molecular formula is C14H7ClFNO2S. The highest BCUT2D eigenvalue weighted by molar-refractivity contribution is 7.13. The first kappa shape index (κ1) is 13.0. The van der Waals surface area contributed by atoms with Crippen LogP contribution in [0.4, 0.5) is 4.39 Å². The second-order valence-electron chi connectivity index (χ2n) is 4.12. The van der Waals surface area contributed by atoms with Crippen molar-refractivity contribution in [3.63, 3.8) is 0 Å². The number of thiophene rings is 1. The topological polar surface area (TPSA) is 50.2 Å². The first-order chi connectivity index (χ1) is 9.56. The average molecular weight is 308 g/mol. The fourth-order valence-electron chi connectivity index (χ4n) is 1.98. The van der Waals surface area contributed by atoms with Crippen molar-refractivity contribution in [1.29, 1.82) is 0 Å². The van der Waals surface area contributed by atoms with E-state index in [0.717, 1.165) is 10.9 Å². The van der Waals surface area contributed by atoms with E-state index in [1.165, 1.54) is 23.5 Å². The first-order valence-corrected chi connectivity index (χ1v) is 6.89. The van der Waals surface area contributed by atoms with Crippen molar-refractivity contribution in [2.45, 2.75) is 0 Å². The molecule has 3 aromatic rings. The Bertz CT molecular complexity index is 818. The molecule has 0 amide bonds. The van der Waals surface area contributed by atoms with Crippen molar-refractivity contribution in [2.75, 3.05) is 0 Å². The van der Waals surface area contributed by atoms with Gasteiger partial charge in [-0.05, 0) is 29.6 Å². The summed E-state index contributed by atoms with van der Waals surface area (Å²) >= 11 is 7.19. The second-order valence-corrected chi connectivity index (χ2v) is 5.51. The minimum atomic E-state index is -1.14. The lowest BCUT2D eigenvalue weighted by Gasteiger charge is -2.07. The highest BCUT2D eigenvalue weighted by Crippen LogP contribution is 2.30. The summed E-state index contributed by atoms with van der Waals surface area (Å²) in [5, 5.41) is 11.5. The lowest BCUT2D eigenvalue weighted by Crippen LogP contribution is -2.01. The van der Waals surface area contributed by atoms with E-state index in [0.29, 0.717) is 5.69 Å². The second kappa shape index (κ2) is 4.85. The number of aromatic nitrogens is 1. The van der Waals surface area contributed by atoms with E-state index >= 15 is 0 Å². The first-order valence-electron chi connectivity index (χ1n) is 5.63. The minimum Gasteiger partial charge on any atom is -0.478 e. The molecule has 20 heavy (non-hydrogen) atoms. The van der Waals surface area contributed by atoms with Crippen LogP contribution >= 0.6 is 22.9 Å². The third-order valence-corrected chi connectivity index (χ3v) is 3.95. The normalized spacial score (nSPS) is 10.9. The number of rotatable bonds is 2. The van der Waals surface area contributed by atoms with Crippen LogP contribution in [0.2, 0.25) is 5.02 Å². The van der Waals surface area contributed by atoms with Crippen LogP contribution in [0, 0.1) is 5.82 Å². The van der Waals surface area contributed by atoms with Gasteiger partial charge in [0.05, 0.1) is 16.1 Å². The molecule has 3 rings (SSSR count). The van der Waals surface area contributed by atoms with Gasteiger partial charge in [-0.2, -0.15) is 0 Å². The number of carbonyl (C=O) groups is 1. The molecule has 6 heteroatoms. The Morgan fingerprint density at radius 1 is 1.35 bits per heavy atom. The zero-order chi connectivity index (χ0) is 14.3. The number of carboxylic acids is 1. The van der Waals surface area contributed by atoms with Crippen molar-refractivity contribution < 1.29 is 14.3 Å². The van der Waals surface area contributed by atoms with Crippen LogP contribution in [-0.4, -0.2) is 16.1 Å². The van der Waals surface area contributed by atoms with Gasteiger partial charge in [-0.3, -0.25) is 0 Å². The average Bonchev–Trinajstić information content (AvgIpc) is 2.91. The van der Waals surface area contributed by atoms with E-state index in [9.17, 15) is 14.3 Å². The fourth-order valence-corrected chi connectivity index (χ4v) is 2.87. The highest BCUT2D eigenvalue weighted by Gasteiger charge is 2.16. The maximum atomic E-state index is 14.0. The number of hydrogen-bond acceptors (Lipinski definition) is 3. The molecule has 0 saturated carbocycles. The standard InChI is InChI=1S/C14H7ClFNO2S/c15-7-4-8-9(14(18)19)6-11(12-2-1-3-20-12)17-13(8)10(16)5-7/h1-6H,(H,18,19). The zero-order valence-electron chi connectivity index (χ0n) is 9.93. The molecule has 2 aromatic heterocycles. The maximum absolute atomic E-state index is 14.0. The van der Waals surface area contributed by atoms with Crippen LogP contribution in [0.25, 0.3) is 21.5 Å². The number of carboxylic acid groups (broad SMARTS) is 1. The molecule has 0 aliphatic heterocycles. The van der Waals surface area contributed by atoms with E-state index in [-0.39, 0.29) is 21.5 Å². The Balaban J connectivity index is 2.40. The third-order valence-electron chi connectivity index (χ3n) is 2.84. The largest absolute Gasteiger partial charge is 0.478 e. The molecule has 0 bridgehead atoms. The number of nitrogens with zero attached hydrogens (tertiary/aromatic N) is 1. The van der Waals surface area contributed by atoms with Crippen LogP contribution < -0.4 is 0 Å². The van der Waals surface area contributed by atoms with Crippen LogP contribution in [-0.2, 0) is 0 Å². The van der Waals surface area contributed by atoms with Crippen LogP contribution in [0.1, 0.15) is 10.4 Å². The van der Waals surface area contributed by atoms with E-state index in [2.05, 4.69) is 4.98 Å². The van der Waals surface area contributed by atoms with Gasteiger partial charge in [-0.15, -0.1) is 11.3 Å². The maximum Gasteiger partial charge on any atom is 0.336 e. The molecule has 0 spiro atoms. The molecule has 0 aliphatic carbocycles. The fraction of sp³-hybridized carbons (Fsp3) is 0. The number of fused-ring (bicyclic) bond motifs is 1. The summed E-state index contributed by atoms with van der Waals surface area (Å²) in [4.78, 5) is 16.4. The van der Waals surface area contributed by atoms with Gasteiger partial charge in [0.2, 0.25) is 0 Å². The monoisotopic (exact) mass is 307 g/mol.